The van der Waals surface area contributed by atoms with Gasteiger partial charge < -0.3 is 16.0 Å². The Bertz CT molecular complexity index is 584. The Kier molecular flexibility index (Phi) is 4.66. The normalized spacial score (nSPS) is 27.5. The molecule has 1 aromatic carbocycles. The van der Waals surface area contributed by atoms with Crippen LogP contribution in [0.15, 0.2) is 24.3 Å². The van der Waals surface area contributed by atoms with E-state index in [0.29, 0.717) is 25.4 Å². The first-order valence-electron chi connectivity index (χ1n) is 8.46. The summed E-state index contributed by atoms with van der Waals surface area (Å²) in [6.45, 7) is 3.10. The zero-order valence-electron chi connectivity index (χ0n) is 13.6. The van der Waals surface area contributed by atoms with Crippen LogP contribution in [0, 0.1) is 18.8 Å². The lowest BCUT2D eigenvalue weighted by molar-refractivity contribution is -0.127. The van der Waals surface area contributed by atoms with Gasteiger partial charge in [-0.15, -0.1) is 0 Å². The summed E-state index contributed by atoms with van der Waals surface area (Å²) in [6.07, 6.45) is 3.49. The second-order valence-electron chi connectivity index (χ2n) is 6.78. The van der Waals surface area contributed by atoms with Crippen LogP contribution in [0.5, 0.6) is 0 Å². The monoisotopic (exact) mass is 315 g/mol. The average molecular weight is 315 g/mol. The van der Waals surface area contributed by atoms with E-state index in [9.17, 15) is 9.59 Å². The quantitative estimate of drug-likeness (QED) is 0.886. The van der Waals surface area contributed by atoms with Gasteiger partial charge in [0.15, 0.2) is 0 Å². The van der Waals surface area contributed by atoms with Crippen molar-refractivity contribution < 1.29 is 9.59 Å². The van der Waals surface area contributed by atoms with Gasteiger partial charge in [-0.05, 0) is 44.4 Å². The number of nitrogens with one attached hydrogen (secondary N) is 1. The highest BCUT2D eigenvalue weighted by atomic mass is 16.2. The molecule has 3 rings (SSSR count). The number of amides is 2. The fourth-order valence-electron chi connectivity index (χ4n) is 3.67. The van der Waals surface area contributed by atoms with Crippen LogP contribution in [0.2, 0.25) is 0 Å². The molecule has 1 aromatic rings. The van der Waals surface area contributed by atoms with E-state index in [1.807, 2.05) is 31.2 Å². The molecule has 5 heteroatoms. The first kappa shape index (κ1) is 16.0. The van der Waals surface area contributed by atoms with Gasteiger partial charge in [-0.1, -0.05) is 24.1 Å². The SMILES string of the molecule is Cc1ccc(N2CC(C(=O)NC3CCCC3CN)CC2=O)cc1. The molecule has 0 aromatic heterocycles. The highest BCUT2D eigenvalue weighted by Crippen LogP contribution is 2.28. The molecule has 5 nitrogen and oxygen atoms in total. The van der Waals surface area contributed by atoms with Crippen LogP contribution in [0.1, 0.15) is 31.2 Å². The second-order valence-corrected chi connectivity index (χ2v) is 6.78. The summed E-state index contributed by atoms with van der Waals surface area (Å²) in [4.78, 5) is 26.5. The Labute approximate surface area is 137 Å². The molecule has 2 fully saturated rings. The summed E-state index contributed by atoms with van der Waals surface area (Å²) in [5, 5.41) is 3.13. The molecule has 1 aliphatic carbocycles. The number of nitrogens with zero attached hydrogens (tertiary/aromatic N) is 1. The molecule has 0 bridgehead atoms. The first-order chi connectivity index (χ1) is 11.1. The molecule has 1 aliphatic heterocycles. The van der Waals surface area contributed by atoms with Crippen molar-refractivity contribution in [2.24, 2.45) is 17.6 Å². The molecule has 1 saturated heterocycles. The van der Waals surface area contributed by atoms with E-state index in [-0.39, 0.29) is 23.8 Å². The molecule has 1 heterocycles. The molecule has 2 aliphatic rings. The number of rotatable bonds is 4. The van der Waals surface area contributed by atoms with Crippen molar-refractivity contribution in [1.82, 2.24) is 5.32 Å². The van der Waals surface area contributed by atoms with E-state index >= 15 is 0 Å². The number of aryl methyl sites for hydroxylation is 1. The van der Waals surface area contributed by atoms with Crippen LogP contribution >= 0.6 is 0 Å². The van der Waals surface area contributed by atoms with Crippen LogP contribution in [0.25, 0.3) is 0 Å². The standard InChI is InChI=1S/C18H25N3O2/c1-12-5-7-15(8-6-12)21-11-14(9-17(21)22)18(23)20-16-4-2-3-13(16)10-19/h5-8,13-14,16H,2-4,9-11,19H2,1H3,(H,20,23). The number of nitrogens with two attached hydrogens (primary N) is 1. The van der Waals surface area contributed by atoms with Crippen molar-refractivity contribution in [3.8, 4) is 0 Å². The number of anilines is 1. The number of carbonyl (C=O) groups excluding carboxylic acids is 2. The summed E-state index contributed by atoms with van der Waals surface area (Å²) in [7, 11) is 0. The first-order valence-corrected chi connectivity index (χ1v) is 8.46. The van der Waals surface area contributed by atoms with Crippen LogP contribution in [-0.4, -0.2) is 30.9 Å². The van der Waals surface area contributed by atoms with E-state index in [0.717, 1.165) is 30.5 Å². The predicted octanol–water partition coefficient (Wildman–Crippen LogP) is 1.59. The van der Waals surface area contributed by atoms with Gasteiger partial charge in [0.05, 0.1) is 5.92 Å². The van der Waals surface area contributed by atoms with Gasteiger partial charge in [-0.2, -0.15) is 0 Å². The Balaban J connectivity index is 1.62. The molecule has 23 heavy (non-hydrogen) atoms. The highest BCUT2D eigenvalue weighted by Gasteiger charge is 2.37. The van der Waals surface area contributed by atoms with Gasteiger partial charge in [0.25, 0.3) is 0 Å². The average Bonchev–Trinajstić information content (AvgIpc) is 3.14. The molecular weight excluding hydrogens is 290 g/mol. The molecule has 0 spiro atoms. The molecule has 0 radical (unpaired) electrons. The molecule has 3 atom stereocenters. The van der Waals surface area contributed by atoms with Crippen LogP contribution in [-0.2, 0) is 9.59 Å². The Morgan fingerprint density at radius 3 is 2.74 bits per heavy atom. The third-order valence-corrected chi connectivity index (χ3v) is 5.13. The lowest BCUT2D eigenvalue weighted by Crippen LogP contribution is -2.43. The van der Waals surface area contributed by atoms with E-state index in [1.165, 1.54) is 0 Å². The summed E-state index contributed by atoms with van der Waals surface area (Å²) < 4.78 is 0. The minimum Gasteiger partial charge on any atom is -0.353 e. The molecule has 3 unspecified atom stereocenters. The molecule has 2 amide bonds. The minimum atomic E-state index is -0.261. The van der Waals surface area contributed by atoms with Gasteiger partial charge in [-0.25, -0.2) is 0 Å². The number of hydrogen-bond acceptors (Lipinski definition) is 3. The third kappa shape index (κ3) is 3.39. The lowest BCUT2D eigenvalue weighted by atomic mass is 10.0. The zero-order valence-corrected chi connectivity index (χ0v) is 13.6. The summed E-state index contributed by atoms with van der Waals surface area (Å²) in [5.41, 5.74) is 7.80. The van der Waals surface area contributed by atoms with Crippen molar-refractivity contribution in [3.63, 3.8) is 0 Å². The fraction of sp³-hybridized carbons (Fsp3) is 0.556. The Hall–Kier alpha value is -1.88. The largest absolute Gasteiger partial charge is 0.353 e. The van der Waals surface area contributed by atoms with Gasteiger partial charge in [0, 0.05) is 24.7 Å². The lowest BCUT2D eigenvalue weighted by Gasteiger charge is -2.22. The van der Waals surface area contributed by atoms with Gasteiger partial charge in [0.2, 0.25) is 11.8 Å². The van der Waals surface area contributed by atoms with Crippen LogP contribution in [0.4, 0.5) is 5.69 Å². The topological polar surface area (TPSA) is 75.4 Å². The molecule has 3 N–H and O–H groups in total. The number of hydrogen-bond donors (Lipinski definition) is 2. The summed E-state index contributed by atoms with van der Waals surface area (Å²) in [6, 6.07) is 8.03. The summed E-state index contributed by atoms with van der Waals surface area (Å²) in [5.74, 6) is 0.140. The van der Waals surface area contributed by atoms with Gasteiger partial charge in [-0.3, -0.25) is 9.59 Å². The van der Waals surface area contributed by atoms with Gasteiger partial charge in [0.1, 0.15) is 0 Å². The van der Waals surface area contributed by atoms with Crippen molar-refractivity contribution in [2.75, 3.05) is 18.0 Å². The maximum absolute atomic E-state index is 12.5. The molecular formula is C18H25N3O2. The maximum atomic E-state index is 12.5. The van der Waals surface area contributed by atoms with Crippen molar-refractivity contribution in [2.45, 2.75) is 38.6 Å². The van der Waals surface area contributed by atoms with E-state index < -0.39 is 0 Å². The van der Waals surface area contributed by atoms with Crippen molar-refractivity contribution in [3.05, 3.63) is 29.8 Å². The van der Waals surface area contributed by atoms with E-state index in [2.05, 4.69) is 5.32 Å². The van der Waals surface area contributed by atoms with Crippen molar-refractivity contribution in [1.29, 1.82) is 0 Å². The van der Waals surface area contributed by atoms with Crippen LogP contribution < -0.4 is 16.0 Å². The molecule has 124 valence electrons. The zero-order chi connectivity index (χ0) is 16.4. The third-order valence-electron chi connectivity index (χ3n) is 5.13. The number of carbonyl (C=O) groups is 2. The van der Waals surface area contributed by atoms with Crippen LogP contribution in [0.3, 0.4) is 0 Å². The Morgan fingerprint density at radius 1 is 1.30 bits per heavy atom. The second kappa shape index (κ2) is 6.71. The Morgan fingerprint density at radius 2 is 2.04 bits per heavy atom. The van der Waals surface area contributed by atoms with E-state index in [4.69, 9.17) is 5.73 Å². The van der Waals surface area contributed by atoms with Gasteiger partial charge >= 0.3 is 0 Å². The fourth-order valence-corrected chi connectivity index (χ4v) is 3.67. The van der Waals surface area contributed by atoms with Crippen molar-refractivity contribution >= 4 is 17.5 Å². The maximum Gasteiger partial charge on any atom is 0.227 e. The summed E-state index contributed by atoms with van der Waals surface area (Å²) >= 11 is 0. The highest BCUT2D eigenvalue weighted by molar-refractivity contribution is 6.00. The number of benzene rings is 1. The smallest absolute Gasteiger partial charge is 0.227 e. The molecule has 1 saturated carbocycles. The van der Waals surface area contributed by atoms with E-state index in [1.54, 1.807) is 4.90 Å². The predicted molar refractivity (Wildman–Crippen MR) is 90.0 cm³/mol. The minimum absolute atomic E-state index is 0.00156.